The topological polar surface area (TPSA) is 72.2 Å². The van der Waals surface area contributed by atoms with Crippen LogP contribution < -0.4 is 10.5 Å². The lowest BCUT2D eigenvalue weighted by molar-refractivity contribution is 0.552. The summed E-state index contributed by atoms with van der Waals surface area (Å²) in [6.45, 7) is -0.0179. The molecular weight excluding hydrogens is 335 g/mol. The molecule has 0 radical (unpaired) electrons. The Hall–Kier alpha value is -0.340. The molecule has 0 heterocycles. The summed E-state index contributed by atoms with van der Waals surface area (Å²) in [6, 6.07) is 2.15. The van der Waals surface area contributed by atoms with Gasteiger partial charge in [-0.05, 0) is 36.8 Å². The average molecular weight is 353 g/mol. The fourth-order valence-corrected chi connectivity index (χ4v) is 5.11. The van der Waals surface area contributed by atoms with Gasteiger partial charge in [-0.15, -0.1) is 0 Å². The smallest absolute Gasteiger partial charge is 0.240 e. The molecule has 3 N–H and O–H groups in total. The van der Waals surface area contributed by atoms with Gasteiger partial charge < -0.3 is 5.73 Å². The van der Waals surface area contributed by atoms with Crippen LogP contribution in [0.2, 0.25) is 5.02 Å². The maximum absolute atomic E-state index is 13.7. The lowest BCUT2D eigenvalue weighted by Gasteiger charge is -2.19. The van der Waals surface area contributed by atoms with Crippen LogP contribution >= 0.6 is 23.4 Å². The Kier molecular flexibility index (Phi) is 5.54. The largest absolute Gasteiger partial charge is 0.326 e. The first-order valence-corrected chi connectivity index (χ1v) is 9.77. The van der Waals surface area contributed by atoms with E-state index in [1.807, 2.05) is 6.26 Å². The quantitative estimate of drug-likeness (QED) is 0.854. The molecule has 1 fully saturated rings. The SMILES string of the molecule is CSC1CCCC1NS(=O)(=O)c1cc(F)c(Cl)c(CN)c1. The summed E-state index contributed by atoms with van der Waals surface area (Å²) in [7, 11) is -3.78. The zero-order chi connectivity index (χ0) is 15.6. The van der Waals surface area contributed by atoms with Crippen molar-refractivity contribution in [1.29, 1.82) is 0 Å². The van der Waals surface area contributed by atoms with Crippen molar-refractivity contribution in [2.45, 2.75) is 42.0 Å². The summed E-state index contributed by atoms with van der Waals surface area (Å²) in [6.07, 6.45) is 4.73. The molecule has 0 bridgehead atoms. The fraction of sp³-hybridized carbons (Fsp3) is 0.538. The second-order valence-electron chi connectivity index (χ2n) is 5.02. The molecule has 4 nitrogen and oxygen atoms in total. The van der Waals surface area contributed by atoms with E-state index in [0.717, 1.165) is 25.3 Å². The van der Waals surface area contributed by atoms with Crippen LogP contribution in [0.4, 0.5) is 4.39 Å². The molecule has 0 aromatic heterocycles. The van der Waals surface area contributed by atoms with E-state index in [4.69, 9.17) is 17.3 Å². The second kappa shape index (κ2) is 6.83. The van der Waals surface area contributed by atoms with Crippen molar-refractivity contribution < 1.29 is 12.8 Å². The average Bonchev–Trinajstić information content (AvgIpc) is 2.87. The zero-order valence-electron chi connectivity index (χ0n) is 11.6. The predicted molar refractivity (Wildman–Crippen MR) is 84.6 cm³/mol. The van der Waals surface area contributed by atoms with Gasteiger partial charge in [0.1, 0.15) is 5.82 Å². The molecule has 8 heteroatoms. The first-order valence-electron chi connectivity index (χ1n) is 6.62. The number of hydrogen-bond acceptors (Lipinski definition) is 4. The van der Waals surface area contributed by atoms with Gasteiger partial charge in [0.25, 0.3) is 0 Å². The molecule has 2 unspecified atom stereocenters. The third-order valence-corrected chi connectivity index (χ3v) is 6.73. The summed E-state index contributed by atoms with van der Waals surface area (Å²) in [5.74, 6) is -0.771. The molecule has 1 saturated carbocycles. The van der Waals surface area contributed by atoms with Crippen LogP contribution in [0.15, 0.2) is 17.0 Å². The van der Waals surface area contributed by atoms with Crippen molar-refractivity contribution >= 4 is 33.4 Å². The Morgan fingerprint density at radius 3 is 2.81 bits per heavy atom. The van der Waals surface area contributed by atoms with E-state index in [1.54, 1.807) is 11.8 Å². The van der Waals surface area contributed by atoms with Crippen molar-refractivity contribution in [2.75, 3.05) is 6.26 Å². The third kappa shape index (κ3) is 3.71. The first-order chi connectivity index (χ1) is 9.89. The molecular formula is C13H18ClFN2O2S2. The number of nitrogens with one attached hydrogen (secondary N) is 1. The number of rotatable bonds is 5. The van der Waals surface area contributed by atoms with Gasteiger partial charge in [-0.1, -0.05) is 18.0 Å². The minimum atomic E-state index is -3.78. The van der Waals surface area contributed by atoms with Gasteiger partial charge in [-0.3, -0.25) is 0 Å². The van der Waals surface area contributed by atoms with Crippen molar-refractivity contribution in [3.8, 4) is 0 Å². The Morgan fingerprint density at radius 1 is 1.48 bits per heavy atom. The molecule has 118 valence electrons. The number of nitrogens with two attached hydrogens (primary N) is 1. The zero-order valence-corrected chi connectivity index (χ0v) is 14.0. The molecule has 0 spiro atoms. The predicted octanol–water partition coefficient (Wildman–Crippen LogP) is 2.50. The highest BCUT2D eigenvalue weighted by atomic mass is 35.5. The van der Waals surface area contributed by atoms with Crippen LogP contribution in [0.1, 0.15) is 24.8 Å². The highest BCUT2D eigenvalue weighted by molar-refractivity contribution is 7.99. The van der Waals surface area contributed by atoms with Crippen molar-refractivity contribution in [3.05, 3.63) is 28.5 Å². The molecule has 1 aliphatic carbocycles. The number of thioether (sulfide) groups is 1. The molecule has 0 aliphatic heterocycles. The van der Waals surface area contributed by atoms with Crippen LogP contribution in [0, 0.1) is 5.82 Å². The van der Waals surface area contributed by atoms with Crippen molar-refractivity contribution in [2.24, 2.45) is 5.73 Å². The number of sulfonamides is 1. The van der Waals surface area contributed by atoms with E-state index in [2.05, 4.69) is 4.72 Å². The lowest BCUT2D eigenvalue weighted by atomic mass is 10.2. The summed E-state index contributed by atoms with van der Waals surface area (Å²) >= 11 is 7.41. The standard InChI is InChI=1S/C13H18ClFN2O2S2/c1-20-12-4-2-3-11(12)17-21(18,19)9-5-8(7-16)13(14)10(15)6-9/h5-6,11-12,17H,2-4,7,16H2,1H3. The maximum atomic E-state index is 13.7. The van der Waals surface area contributed by atoms with E-state index in [-0.39, 0.29) is 33.3 Å². The van der Waals surface area contributed by atoms with E-state index < -0.39 is 15.8 Å². The van der Waals surface area contributed by atoms with Crippen LogP contribution in [0.3, 0.4) is 0 Å². The number of benzene rings is 1. The molecule has 21 heavy (non-hydrogen) atoms. The number of halogens is 2. The van der Waals surface area contributed by atoms with E-state index in [9.17, 15) is 12.8 Å². The second-order valence-corrected chi connectivity index (χ2v) is 8.18. The van der Waals surface area contributed by atoms with Crippen molar-refractivity contribution in [1.82, 2.24) is 4.72 Å². The molecule has 1 aromatic rings. The first kappa shape index (κ1) is 17.0. The Labute approximate surface area is 133 Å². The van der Waals surface area contributed by atoms with Crippen LogP contribution in [0.25, 0.3) is 0 Å². The fourth-order valence-electron chi connectivity index (χ4n) is 2.53. The monoisotopic (exact) mass is 352 g/mol. The van der Waals surface area contributed by atoms with Gasteiger partial charge >= 0.3 is 0 Å². The Bertz CT molecular complexity index is 625. The minimum Gasteiger partial charge on any atom is -0.326 e. The van der Waals surface area contributed by atoms with Gasteiger partial charge in [-0.2, -0.15) is 11.8 Å². The van der Waals surface area contributed by atoms with Gasteiger partial charge in [0.05, 0.1) is 9.92 Å². The number of hydrogen-bond donors (Lipinski definition) is 2. The van der Waals surface area contributed by atoms with Crippen LogP contribution in [0.5, 0.6) is 0 Å². The highest BCUT2D eigenvalue weighted by Crippen LogP contribution is 2.30. The van der Waals surface area contributed by atoms with Gasteiger partial charge in [0.15, 0.2) is 0 Å². The molecule has 1 aromatic carbocycles. The molecule has 2 atom stereocenters. The summed E-state index contributed by atoms with van der Waals surface area (Å²) in [5, 5.41) is 0.130. The maximum Gasteiger partial charge on any atom is 0.240 e. The summed E-state index contributed by atoms with van der Waals surface area (Å²) < 4.78 is 41.2. The summed E-state index contributed by atoms with van der Waals surface area (Å²) in [5.41, 5.74) is 5.75. The van der Waals surface area contributed by atoms with Crippen LogP contribution in [-0.4, -0.2) is 26.0 Å². The minimum absolute atomic E-state index is 0.0179. The van der Waals surface area contributed by atoms with Crippen LogP contribution in [-0.2, 0) is 16.6 Å². The summed E-state index contributed by atoms with van der Waals surface area (Å²) in [4.78, 5) is -0.128. The molecule has 0 saturated heterocycles. The van der Waals surface area contributed by atoms with Gasteiger partial charge in [-0.25, -0.2) is 17.5 Å². The van der Waals surface area contributed by atoms with Gasteiger partial charge in [0.2, 0.25) is 10.0 Å². The molecule has 1 aliphatic rings. The Morgan fingerprint density at radius 2 is 2.19 bits per heavy atom. The van der Waals surface area contributed by atoms with Gasteiger partial charge in [0, 0.05) is 17.8 Å². The third-order valence-electron chi connectivity index (χ3n) is 3.67. The lowest BCUT2D eigenvalue weighted by Crippen LogP contribution is -2.38. The Balaban J connectivity index is 2.29. The van der Waals surface area contributed by atoms with E-state index in [0.29, 0.717) is 0 Å². The normalized spacial score (nSPS) is 22.7. The van der Waals surface area contributed by atoms with E-state index in [1.165, 1.54) is 6.07 Å². The van der Waals surface area contributed by atoms with Crippen molar-refractivity contribution in [3.63, 3.8) is 0 Å². The highest BCUT2D eigenvalue weighted by Gasteiger charge is 2.31. The van der Waals surface area contributed by atoms with E-state index >= 15 is 0 Å². The molecule has 0 amide bonds. The molecule has 2 rings (SSSR count).